The molecule has 4 rings (SSSR count). The maximum absolute atomic E-state index is 12.6. The number of hydrogen-bond acceptors (Lipinski definition) is 8. The van der Waals surface area contributed by atoms with Crippen LogP contribution in [0.2, 0.25) is 0 Å². The molecule has 3 heterocycles. The number of pyridine rings is 1. The highest BCUT2D eigenvalue weighted by atomic mass is 16.1. The third-order valence-corrected chi connectivity index (χ3v) is 4.73. The van der Waals surface area contributed by atoms with Crippen LogP contribution in [0.4, 0.5) is 23.4 Å². The summed E-state index contributed by atoms with van der Waals surface area (Å²) in [5.74, 6) is 1.76. The Hall–Kier alpha value is -4.34. The predicted octanol–water partition coefficient (Wildman–Crippen LogP) is 3.52. The number of imidazole rings is 1. The molecule has 0 aliphatic carbocycles. The number of para-hydroxylation sites is 1. The highest BCUT2D eigenvalue weighted by Gasteiger charge is 2.10. The van der Waals surface area contributed by atoms with Gasteiger partial charge in [0.2, 0.25) is 11.9 Å². The van der Waals surface area contributed by atoms with Gasteiger partial charge in [-0.1, -0.05) is 25.1 Å². The first-order chi connectivity index (χ1) is 16.2. The number of anilines is 4. The van der Waals surface area contributed by atoms with Crippen molar-refractivity contribution >= 4 is 29.3 Å². The minimum atomic E-state index is -0.225. The van der Waals surface area contributed by atoms with Gasteiger partial charge in [0.1, 0.15) is 11.6 Å². The van der Waals surface area contributed by atoms with Gasteiger partial charge in [0, 0.05) is 49.4 Å². The first kappa shape index (κ1) is 21.9. The standard InChI is InChI=1S/C23H25N9O/c1-2-19-28-22(26-10-6-13-32-14-12-24-16-32)31-23(29-19)30-20-15-17(9-11-25-20)21(33)27-18-7-4-3-5-8-18/h3-5,7-9,11-12,14-16H,2,6,10,13H2,1H3,(H,27,33)(H2,25,26,28,29,30,31). The van der Waals surface area contributed by atoms with Crippen LogP contribution in [0.25, 0.3) is 0 Å². The van der Waals surface area contributed by atoms with Crippen molar-refractivity contribution in [2.75, 3.05) is 22.5 Å². The summed E-state index contributed by atoms with van der Waals surface area (Å²) in [6, 6.07) is 12.6. The van der Waals surface area contributed by atoms with Crippen LogP contribution in [-0.4, -0.2) is 41.9 Å². The number of nitrogens with zero attached hydrogens (tertiary/aromatic N) is 6. The Bertz CT molecular complexity index is 1180. The van der Waals surface area contributed by atoms with E-state index in [1.165, 1.54) is 0 Å². The SMILES string of the molecule is CCc1nc(NCCCn2ccnc2)nc(Nc2cc(C(=O)Nc3ccccc3)ccn2)n1. The van der Waals surface area contributed by atoms with E-state index < -0.39 is 0 Å². The zero-order valence-electron chi connectivity index (χ0n) is 18.3. The highest BCUT2D eigenvalue weighted by Crippen LogP contribution is 2.15. The normalized spacial score (nSPS) is 10.6. The second-order valence-corrected chi connectivity index (χ2v) is 7.21. The largest absolute Gasteiger partial charge is 0.354 e. The van der Waals surface area contributed by atoms with Crippen LogP contribution >= 0.6 is 0 Å². The zero-order chi connectivity index (χ0) is 22.9. The average molecular weight is 444 g/mol. The van der Waals surface area contributed by atoms with E-state index in [0.29, 0.717) is 42.1 Å². The summed E-state index contributed by atoms with van der Waals surface area (Å²) in [7, 11) is 0. The monoisotopic (exact) mass is 443 g/mol. The first-order valence-electron chi connectivity index (χ1n) is 10.7. The molecule has 33 heavy (non-hydrogen) atoms. The van der Waals surface area contributed by atoms with Crippen molar-refractivity contribution in [2.45, 2.75) is 26.3 Å². The second kappa shape index (κ2) is 10.8. The van der Waals surface area contributed by atoms with Crippen molar-refractivity contribution in [2.24, 2.45) is 0 Å². The number of rotatable bonds is 10. The number of aromatic nitrogens is 6. The molecule has 0 bridgehead atoms. The van der Waals surface area contributed by atoms with Gasteiger partial charge in [0.15, 0.2) is 0 Å². The van der Waals surface area contributed by atoms with E-state index in [2.05, 4.69) is 40.9 Å². The molecule has 3 N–H and O–H groups in total. The fraction of sp³-hybridized carbons (Fsp3) is 0.217. The minimum absolute atomic E-state index is 0.225. The van der Waals surface area contributed by atoms with Crippen molar-refractivity contribution in [3.63, 3.8) is 0 Å². The molecule has 0 unspecified atom stereocenters. The van der Waals surface area contributed by atoms with Crippen molar-refractivity contribution in [3.05, 3.63) is 78.8 Å². The van der Waals surface area contributed by atoms with Gasteiger partial charge in [-0.15, -0.1) is 0 Å². The quantitative estimate of drug-likeness (QED) is 0.318. The molecule has 0 aliphatic rings. The lowest BCUT2D eigenvalue weighted by atomic mass is 10.2. The lowest BCUT2D eigenvalue weighted by Crippen LogP contribution is -2.13. The fourth-order valence-corrected chi connectivity index (χ4v) is 3.07. The van der Waals surface area contributed by atoms with Gasteiger partial charge in [-0.05, 0) is 30.7 Å². The summed E-state index contributed by atoms with van der Waals surface area (Å²) in [4.78, 5) is 34.2. The van der Waals surface area contributed by atoms with E-state index in [0.717, 1.165) is 18.7 Å². The smallest absolute Gasteiger partial charge is 0.255 e. The number of nitrogens with one attached hydrogen (secondary N) is 3. The number of aryl methyl sites for hydroxylation is 2. The zero-order valence-corrected chi connectivity index (χ0v) is 18.3. The van der Waals surface area contributed by atoms with E-state index in [4.69, 9.17) is 0 Å². The summed E-state index contributed by atoms with van der Waals surface area (Å²) in [5.41, 5.74) is 1.20. The van der Waals surface area contributed by atoms with Gasteiger partial charge in [-0.2, -0.15) is 15.0 Å². The highest BCUT2D eigenvalue weighted by molar-refractivity contribution is 6.04. The summed E-state index contributed by atoms with van der Waals surface area (Å²) in [6.45, 7) is 3.54. The predicted molar refractivity (Wildman–Crippen MR) is 126 cm³/mol. The van der Waals surface area contributed by atoms with Gasteiger partial charge < -0.3 is 20.5 Å². The molecule has 0 spiro atoms. The molecule has 10 heteroatoms. The Morgan fingerprint density at radius 2 is 1.88 bits per heavy atom. The summed E-state index contributed by atoms with van der Waals surface area (Å²) in [5, 5.41) is 9.19. The average Bonchev–Trinajstić information content (AvgIpc) is 3.36. The maximum atomic E-state index is 12.6. The Labute approximate surface area is 191 Å². The summed E-state index contributed by atoms with van der Waals surface area (Å²) < 4.78 is 2.02. The van der Waals surface area contributed by atoms with Crippen molar-refractivity contribution < 1.29 is 4.79 Å². The molecular formula is C23H25N9O. The van der Waals surface area contributed by atoms with Gasteiger partial charge in [-0.25, -0.2) is 9.97 Å². The molecule has 10 nitrogen and oxygen atoms in total. The fourth-order valence-electron chi connectivity index (χ4n) is 3.07. The van der Waals surface area contributed by atoms with Crippen molar-refractivity contribution in [1.82, 2.24) is 29.5 Å². The maximum Gasteiger partial charge on any atom is 0.255 e. The van der Waals surface area contributed by atoms with E-state index in [9.17, 15) is 4.79 Å². The Morgan fingerprint density at radius 3 is 2.67 bits per heavy atom. The molecule has 0 aliphatic heterocycles. The van der Waals surface area contributed by atoms with Gasteiger partial charge in [0.05, 0.1) is 6.33 Å². The number of carbonyl (C=O) groups excluding carboxylic acids is 1. The molecule has 0 fully saturated rings. The van der Waals surface area contributed by atoms with E-state index in [-0.39, 0.29) is 5.91 Å². The molecule has 4 aromatic rings. The molecular weight excluding hydrogens is 418 g/mol. The molecule has 168 valence electrons. The van der Waals surface area contributed by atoms with Gasteiger partial charge >= 0.3 is 0 Å². The minimum Gasteiger partial charge on any atom is -0.354 e. The Morgan fingerprint density at radius 1 is 1.03 bits per heavy atom. The van der Waals surface area contributed by atoms with Crippen LogP contribution in [0.5, 0.6) is 0 Å². The lowest BCUT2D eigenvalue weighted by Gasteiger charge is -2.10. The Kier molecular flexibility index (Phi) is 7.16. The van der Waals surface area contributed by atoms with Gasteiger partial charge in [0.25, 0.3) is 5.91 Å². The van der Waals surface area contributed by atoms with Crippen LogP contribution in [0, 0.1) is 0 Å². The van der Waals surface area contributed by atoms with E-state index in [1.54, 1.807) is 30.9 Å². The van der Waals surface area contributed by atoms with Gasteiger partial charge in [-0.3, -0.25) is 4.79 Å². The van der Waals surface area contributed by atoms with Crippen LogP contribution < -0.4 is 16.0 Å². The third-order valence-electron chi connectivity index (χ3n) is 4.73. The molecule has 0 saturated carbocycles. The Balaban J connectivity index is 1.40. The van der Waals surface area contributed by atoms with Crippen LogP contribution in [-0.2, 0) is 13.0 Å². The molecule has 3 aromatic heterocycles. The number of benzene rings is 1. The number of hydrogen-bond donors (Lipinski definition) is 3. The number of carbonyl (C=O) groups is 1. The van der Waals surface area contributed by atoms with Crippen molar-refractivity contribution in [1.29, 1.82) is 0 Å². The molecule has 0 saturated heterocycles. The van der Waals surface area contributed by atoms with Crippen molar-refractivity contribution in [3.8, 4) is 0 Å². The van der Waals surface area contributed by atoms with Crippen LogP contribution in [0.15, 0.2) is 67.4 Å². The molecule has 1 aromatic carbocycles. The molecule has 0 radical (unpaired) electrons. The molecule has 1 amide bonds. The number of amides is 1. The van der Waals surface area contributed by atoms with E-state index in [1.807, 2.05) is 48.0 Å². The van der Waals surface area contributed by atoms with E-state index >= 15 is 0 Å². The lowest BCUT2D eigenvalue weighted by molar-refractivity contribution is 0.102. The van der Waals surface area contributed by atoms with Crippen LogP contribution in [0.3, 0.4) is 0 Å². The second-order valence-electron chi connectivity index (χ2n) is 7.21. The molecule has 0 atom stereocenters. The third kappa shape index (κ3) is 6.33. The first-order valence-corrected chi connectivity index (χ1v) is 10.7. The summed E-state index contributed by atoms with van der Waals surface area (Å²) >= 11 is 0. The topological polar surface area (TPSA) is 123 Å². The summed E-state index contributed by atoms with van der Waals surface area (Å²) in [6.07, 6.45) is 8.61. The van der Waals surface area contributed by atoms with Crippen LogP contribution in [0.1, 0.15) is 29.5 Å².